The minimum atomic E-state index is -1.08. The Bertz CT molecular complexity index is 494. The summed E-state index contributed by atoms with van der Waals surface area (Å²) in [5, 5.41) is 9.13. The van der Waals surface area contributed by atoms with Gasteiger partial charge in [0, 0.05) is 26.8 Å². The highest BCUT2D eigenvalue weighted by Gasteiger charge is 2.22. The summed E-state index contributed by atoms with van der Waals surface area (Å²) in [6, 6.07) is 6.32. The molecule has 0 aromatic heterocycles. The minimum Gasteiger partial charge on any atom is -0.478 e. The highest BCUT2D eigenvalue weighted by atomic mass is 16.5. The molecule has 1 aromatic carbocycles. The Morgan fingerprint density at radius 3 is 2.45 bits per heavy atom. The van der Waals surface area contributed by atoms with Crippen LogP contribution in [0.3, 0.4) is 0 Å². The van der Waals surface area contributed by atoms with E-state index in [4.69, 9.17) is 9.84 Å². The van der Waals surface area contributed by atoms with Crippen molar-refractivity contribution in [3.8, 4) is 0 Å². The topological polar surface area (TPSA) is 66.8 Å². The molecule has 1 aliphatic rings. The molecule has 1 saturated heterocycles. The van der Waals surface area contributed by atoms with Gasteiger partial charge in [-0.3, -0.25) is 4.79 Å². The molecule has 20 heavy (non-hydrogen) atoms. The van der Waals surface area contributed by atoms with E-state index in [-0.39, 0.29) is 17.0 Å². The van der Waals surface area contributed by atoms with E-state index in [1.165, 1.54) is 6.07 Å². The maximum Gasteiger partial charge on any atom is 0.336 e. The van der Waals surface area contributed by atoms with Gasteiger partial charge >= 0.3 is 5.97 Å². The summed E-state index contributed by atoms with van der Waals surface area (Å²) in [5.74, 6) is -0.891. The third-order valence-corrected chi connectivity index (χ3v) is 3.61. The second-order valence-electron chi connectivity index (χ2n) is 5.09. The van der Waals surface area contributed by atoms with Crippen molar-refractivity contribution >= 4 is 11.9 Å². The van der Waals surface area contributed by atoms with Gasteiger partial charge < -0.3 is 14.7 Å². The SMILES string of the molecule is CN(CC1CCOCC1)C(=O)c1ccccc1C(=O)O. The molecule has 0 atom stereocenters. The highest BCUT2D eigenvalue weighted by Crippen LogP contribution is 2.18. The predicted molar refractivity (Wildman–Crippen MR) is 73.9 cm³/mol. The van der Waals surface area contributed by atoms with Gasteiger partial charge in [-0.25, -0.2) is 4.79 Å². The van der Waals surface area contributed by atoms with Crippen molar-refractivity contribution < 1.29 is 19.4 Å². The fourth-order valence-corrected chi connectivity index (χ4v) is 2.46. The Labute approximate surface area is 118 Å². The first-order chi connectivity index (χ1) is 9.59. The van der Waals surface area contributed by atoms with Crippen LogP contribution in [0.4, 0.5) is 0 Å². The lowest BCUT2D eigenvalue weighted by Gasteiger charge is -2.27. The van der Waals surface area contributed by atoms with Crippen molar-refractivity contribution in [1.82, 2.24) is 4.90 Å². The van der Waals surface area contributed by atoms with Crippen molar-refractivity contribution in [1.29, 1.82) is 0 Å². The van der Waals surface area contributed by atoms with Gasteiger partial charge in [-0.05, 0) is 30.9 Å². The molecule has 1 aliphatic heterocycles. The van der Waals surface area contributed by atoms with Crippen LogP contribution in [0.15, 0.2) is 24.3 Å². The van der Waals surface area contributed by atoms with Crippen LogP contribution in [0, 0.1) is 5.92 Å². The maximum absolute atomic E-state index is 12.4. The molecular weight excluding hydrogens is 258 g/mol. The monoisotopic (exact) mass is 277 g/mol. The molecule has 2 rings (SSSR count). The number of benzene rings is 1. The van der Waals surface area contributed by atoms with Crippen LogP contribution in [0.5, 0.6) is 0 Å². The van der Waals surface area contributed by atoms with E-state index in [9.17, 15) is 9.59 Å². The summed E-state index contributed by atoms with van der Waals surface area (Å²) in [7, 11) is 1.72. The Kier molecular flexibility index (Phi) is 4.74. The van der Waals surface area contributed by atoms with Gasteiger partial charge in [-0.15, -0.1) is 0 Å². The Morgan fingerprint density at radius 1 is 1.25 bits per heavy atom. The standard InChI is InChI=1S/C15H19NO4/c1-16(10-11-6-8-20-9-7-11)14(17)12-4-2-3-5-13(12)15(18)19/h2-5,11H,6-10H2,1H3,(H,18,19). The van der Waals surface area contributed by atoms with E-state index in [1.54, 1.807) is 30.1 Å². The molecule has 1 amide bonds. The fourth-order valence-electron chi connectivity index (χ4n) is 2.46. The van der Waals surface area contributed by atoms with Crippen LogP contribution in [0.1, 0.15) is 33.6 Å². The van der Waals surface area contributed by atoms with Crippen LogP contribution in [0.25, 0.3) is 0 Å². The molecule has 108 valence electrons. The largest absolute Gasteiger partial charge is 0.478 e. The number of ether oxygens (including phenoxy) is 1. The van der Waals surface area contributed by atoms with Crippen LogP contribution >= 0.6 is 0 Å². The normalized spacial score (nSPS) is 15.8. The molecule has 1 N–H and O–H groups in total. The third-order valence-electron chi connectivity index (χ3n) is 3.61. The molecule has 0 aliphatic carbocycles. The Morgan fingerprint density at radius 2 is 1.85 bits per heavy atom. The van der Waals surface area contributed by atoms with Crippen molar-refractivity contribution in [2.45, 2.75) is 12.8 Å². The van der Waals surface area contributed by atoms with E-state index in [2.05, 4.69) is 0 Å². The summed E-state index contributed by atoms with van der Waals surface area (Å²) in [4.78, 5) is 25.1. The van der Waals surface area contributed by atoms with Gasteiger partial charge in [0.25, 0.3) is 5.91 Å². The molecule has 1 aromatic rings. The number of carbonyl (C=O) groups excluding carboxylic acids is 1. The van der Waals surface area contributed by atoms with E-state index >= 15 is 0 Å². The zero-order valence-electron chi connectivity index (χ0n) is 11.5. The summed E-state index contributed by atoms with van der Waals surface area (Å²) in [5.41, 5.74) is 0.297. The Hall–Kier alpha value is -1.88. The number of carbonyl (C=O) groups is 2. The fraction of sp³-hybridized carbons (Fsp3) is 0.467. The second-order valence-corrected chi connectivity index (χ2v) is 5.09. The number of rotatable bonds is 4. The Balaban J connectivity index is 2.08. The van der Waals surface area contributed by atoms with Crippen molar-refractivity contribution in [2.24, 2.45) is 5.92 Å². The summed E-state index contributed by atoms with van der Waals surface area (Å²) >= 11 is 0. The molecule has 0 saturated carbocycles. The van der Waals surface area contributed by atoms with E-state index in [0.29, 0.717) is 12.5 Å². The van der Waals surface area contributed by atoms with Gasteiger partial charge in [0.15, 0.2) is 0 Å². The minimum absolute atomic E-state index is 0.0522. The third kappa shape index (κ3) is 3.36. The molecule has 5 heteroatoms. The number of carboxylic acid groups (broad SMARTS) is 1. The molecule has 5 nitrogen and oxygen atoms in total. The average molecular weight is 277 g/mol. The molecule has 0 bridgehead atoms. The number of amides is 1. The first-order valence-electron chi connectivity index (χ1n) is 6.75. The molecule has 0 unspecified atom stereocenters. The first kappa shape index (κ1) is 14.5. The number of aromatic carboxylic acids is 1. The molecule has 1 heterocycles. The van der Waals surface area contributed by atoms with Crippen LogP contribution in [-0.2, 0) is 4.74 Å². The number of hydrogen-bond donors (Lipinski definition) is 1. The van der Waals surface area contributed by atoms with Crippen molar-refractivity contribution in [3.05, 3.63) is 35.4 Å². The maximum atomic E-state index is 12.4. The van der Waals surface area contributed by atoms with Gasteiger partial charge in [0.05, 0.1) is 11.1 Å². The van der Waals surface area contributed by atoms with Crippen LogP contribution in [0.2, 0.25) is 0 Å². The highest BCUT2D eigenvalue weighted by molar-refractivity contribution is 6.04. The lowest BCUT2D eigenvalue weighted by Crippen LogP contribution is -2.34. The molecule has 1 fully saturated rings. The number of hydrogen-bond acceptors (Lipinski definition) is 3. The van der Waals surface area contributed by atoms with Gasteiger partial charge in [-0.1, -0.05) is 12.1 Å². The van der Waals surface area contributed by atoms with Gasteiger partial charge in [0.2, 0.25) is 0 Å². The quantitative estimate of drug-likeness (QED) is 0.912. The average Bonchev–Trinajstić information content (AvgIpc) is 2.47. The number of nitrogens with zero attached hydrogens (tertiary/aromatic N) is 1. The summed E-state index contributed by atoms with van der Waals surface area (Å²) < 4.78 is 5.30. The lowest BCUT2D eigenvalue weighted by molar-refractivity contribution is 0.0495. The van der Waals surface area contributed by atoms with E-state index in [1.807, 2.05) is 0 Å². The second kappa shape index (κ2) is 6.52. The predicted octanol–water partition coefficient (Wildman–Crippen LogP) is 1.88. The molecular formula is C15H19NO4. The number of carboxylic acids is 1. The summed E-state index contributed by atoms with van der Waals surface area (Å²) in [6.07, 6.45) is 1.89. The van der Waals surface area contributed by atoms with E-state index in [0.717, 1.165) is 26.1 Å². The van der Waals surface area contributed by atoms with Crippen LogP contribution in [-0.4, -0.2) is 48.7 Å². The van der Waals surface area contributed by atoms with Gasteiger partial charge in [-0.2, -0.15) is 0 Å². The summed E-state index contributed by atoms with van der Waals surface area (Å²) in [6.45, 7) is 2.10. The van der Waals surface area contributed by atoms with Crippen LogP contribution < -0.4 is 0 Å². The van der Waals surface area contributed by atoms with E-state index < -0.39 is 5.97 Å². The lowest BCUT2D eigenvalue weighted by atomic mass is 9.99. The zero-order chi connectivity index (χ0) is 14.5. The molecule has 0 radical (unpaired) electrons. The first-order valence-corrected chi connectivity index (χ1v) is 6.75. The van der Waals surface area contributed by atoms with Crippen molar-refractivity contribution in [3.63, 3.8) is 0 Å². The van der Waals surface area contributed by atoms with Gasteiger partial charge in [0.1, 0.15) is 0 Å². The van der Waals surface area contributed by atoms with Crippen molar-refractivity contribution in [2.75, 3.05) is 26.8 Å². The zero-order valence-corrected chi connectivity index (χ0v) is 11.5. The molecule has 0 spiro atoms. The smallest absolute Gasteiger partial charge is 0.336 e.